The normalized spacial score (nSPS) is 11.9. The first-order valence-corrected chi connectivity index (χ1v) is 8.66. The Morgan fingerprint density at radius 1 is 0.926 bits per heavy atom. The number of anilines is 2. The van der Waals surface area contributed by atoms with E-state index in [4.69, 9.17) is 10.5 Å². The highest BCUT2D eigenvalue weighted by Crippen LogP contribution is 2.33. The van der Waals surface area contributed by atoms with Gasteiger partial charge in [0.2, 0.25) is 5.88 Å². The van der Waals surface area contributed by atoms with Gasteiger partial charge in [-0.1, -0.05) is 48.5 Å². The van der Waals surface area contributed by atoms with E-state index in [1.54, 1.807) is 6.20 Å². The number of nitrogens with one attached hydrogen (secondary N) is 1. The van der Waals surface area contributed by atoms with E-state index in [0.29, 0.717) is 23.1 Å². The topological polar surface area (TPSA) is 86.0 Å². The minimum absolute atomic E-state index is 0.0375. The summed E-state index contributed by atoms with van der Waals surface area (Å²) >= 11 is 0. The lowest BCUT2D eigenvalue weighted by Crippen LogP contribution is -2.11. The molecule has 6 nitrogen and oxygen atoms in total. The largest absolute Gasteiger partial charge is 0.435 e. The van der Waals surface area contributed by atoms with Crippen LogP contribution in [0.25, 0.3) is 10.9 Å². The van der Waals surface area contributed by atoms with Crippen LogP contribution >= 0.6 is 0 Å². The fourth-order valence-electron chi connectivity index (χ4n) is 2.87. The molecule has 0 amide bonds. The van der Waals surface area contributed by atoms with Gasteiger partial charge in [0.25, 0.3) is 0 Å². The summed E-state index contributed by atoms with van der Waals surface area (Å²) in [5, 5.41) is 4.30. The van der Waals surface area contributed by atoms with E-state index < -0.39 is 0 Å². The lowest BCUT2D eigenvalue weighted by atomic mass is 10.1. The van der Waals surface area contributed by atoms with Crippen LogP contribution in [0.5, 0.6) is 11.6 Å². The SMILES string of the molecule is CC(Nc1ncnc(Oc2cccc3cccnc23)c1N)c1ccccc1. The standard InChI is InChI=1S/C21H19N5O/c1-14(15-7-3-2-4-8-15)26-20-18(22)21(25-13-24-20)27-17-11-5-9-16-10-6-12-23-19(16)17/h2-14H,22H2,1H3,(H,24,25,26). The van der Waals surface area contributed by atoms with Crippen LogP contribution in [0.3, 0.4) is 0 Å². The third-order valence-electron chi connectivity index (χ3n) is 4.30. The fraction of sp³-hybridized carbons (Fsp3) is 0.0952. The molecule has 134 valence electrons. The summed E-state index contributed by atoms with van der Waals surface area (Å²) in [6, 6.07) is 19.7. The van der Waals surface area contributed by atoms with Gasteiger partial charge in [0, 0.05) is 11.6 Å². The Morgan fingerprint density at radius 3 is 2.59 bits per heavy atom. The van der Waals surface area contributed by atoms with E-state index in [-0.39, 0.29) is 6.04 Å². The first-order chi connectivity index (χ1) is 13.2. The number of pyridine rings is 1. The first kappa shape index (κ1) is 16.8. The molecule has 4 rings (SSSR count). The van der Waals surface area contributed by atoms with Crippen molar-refractivity contribution in [3.05, 3.63) is 78.8 Å². The minimum atomic E-state index is 0.0375. The molecule has 0 radical (unpaired) electrons. The van der Waals surface area contributed by atoms with Gasteiger partial charge in [-0.25, -0.2) is 4.98 Å². The summed E-state index contributed by atoms with van der Waals surface area (Å²) in [4.78, 5) is 12.9. The van der Waals surface area contributed by atoms with Crippen LogP contribution in [-0.2, 0) is 0 Å². The monoisotopic (exact) mass is 357 g/mol. The van der Waals surface area contributed by atoms with E-state index in [9.17, 15) is 0 Å². The number of nitrogens with two attached hydrogens (primary N) is 1. The van der Waals surface area contributed by atoms with Gasteiger partial charge in [-0.2, -0.15) is 4.98 Å². The Morgan fingerprint density at radius 2 is 1.74 bits per heavy atom. The number of hydrogen-bond donors (Lipinski definition) is 2. The van der Waals surface area contributed by atoms with E-state index in [1.165, 1.54) is 6.33 Å². The van der Waals surface area contributed by atoms with E-state index in [0.717, 1.165) is 16.5 Å². The Balaban J connectivity index is 1.62. The van der Waals surface area contributed by atoms with Crippen LogP contribution in [0.15, 0.2) is 73.2 Å². The quantitative estimate of drug-likeness (QED) is 0.544. The molecular formula is C21H19N5O. The highest BCUT2D eigenvalue weighted by Gasteiger charge is 2.14. The van der Waals surface area contributed by atoms with Crippen molar-refractivity contribution < 1.29 is 4.74 Å². The second kappa shape index (κ2) is 7.29. The van der Waals surface area contributed by atoms with Gasteiger partial charge < -0.3 is 15.8 Å². The fourth-order valence-corrected chi connectivity index (χ4v) is 2.87. The number of nitrogens with zero attached hydrogens (tertiary/aromatic N) is 3. The molecule has 0 aliphatic carbocycles. The van der Waals surface area contributed by atoms with Gasteiger partial charge in [-0.15, -0.1) is 0 Å². The molecule has 1 unspecified atom stereocenters. The highest BCUT2D eigenvalue weighted by molar-refractivity contribution is 5.84. The molecule has 0 aliphatic rings. The minimum Gasteiger partial charge on any atom is -0.435 e. The average molecular weight is 357 g/mol. The van der Waals surface area contributed by atoms with Gasteiger partial charge in [-0.05, 0) is 24.6 Å². The third kappa shape index (κ3) is 3.50. The number of hydrogen-bond acceptors (Lipinski definition) is 6. The van der Waals surface area contributed by atoms with E-state index in [2.05, 4.69) is 20.3 Å². The Hall–Kier alpha value is -3.67. The summed E-state index contributed by atoms with van der Waals surface area (Å²) in [7, 11) is 0. The lowest BCUT2D eigenvalue weighted by molar-refractivity contribution is 0.468. The Bertz CT molecular complexity index is 1060. The molecule has 0 saturated carbocycles. The average Bonchev–Trinajstić information content (AvgIpc) is 2.72. The molecule has 4 aromatic rings. The smallest absolute Gasteiger partial charge is 0.248 e. The lowest BCUT2D eigenvalue weighted by Gasteiger charge is -2.17. The summed E-state index contributed by atoms with van der Waals surface area (Å²) in [6.07, 6.45) is 3.16. The van der Waals surface area contributed by atoms with Crippen molar-refractivity contribution in [2.45, 2.75) is 13.0 Å². The van der Waals surface area contributed by atoms with Gasteiger partial charge in [0.15, 0.2) is 11.6 Å². The second-order valence-corrected chi connectivity index (χ2v) is 6.15. The number of aromatic nitrogens is 3. The predicted octanol–water partition coefficient (Wildman–Crippen LogP) is 4.57. The molecule has 6 heteroatoms. The molecule has 0 bridgehead atoms. The molecule has 3 N–H and O–H groups in total. The van der Waals surface area contributed by atoms with E-state index >= 15 is 0 Å². The molecule has 2 aromatic heterocycles. The van der Waals surface area contributed by atoms with Gasteiger partial charge in [0.05, 0.1) is 6.04 Å². The Kier molecular flexibility index (Phi) is 4.53. The zero-order valence-corrected chi connectivity index (χ0v) is 14.8. The van der Waals surface area contributed by atoms with Crippen molar-refractivity contribution in [1.29, 1.82) is 0 Å². The maximum absolute atomic E-state index is 6.27. The van der Waals surface area contributed by atoms with Crippen molar-refractivity contribution in [1.82, 2.24) is 15.0 Å². The van der Waals surface area contributed by atoms with Crippen LogP contribution in [-0.4, -0.2) is 15.0 Å². The van der Waals surface area contributed by atoms with Crippen LogP contribution in [0.4, 0.5) is 11.5 Å². The van der Waals surface area contributed by atoms with Crippen molar-refractivity contribution in [3.8, 4) is 11.6 Å². The van der Waals surface area contributed by atoms with Crippen molar-refractivity contribution >= 4 is 22.4 Å². The molecule has 0 spiro atoms. The zero-order chi connectivity index (χ0) is 18.6. The molecule has 2 heterocycles. The molecule has 1 atom stereocenters. The van der Waals surface area contributed by atoms with Crippen molar-refractivity contribution in [2.24, 2.45) is 0 Å². The number of benzene rings is 2. The van der Waals surface area contributed by atoms with Gasteiger partial charge in [-0.3, -0.25) is 4.98 Å². The molecule has 0 aliphatic heterocycles. The van der Waals surface area contributed by atoms with Crippen LogP contribution < -0.4 is 15.8 Å². The maximum Gasteiger partial charge on any atom is 0.248 e. The van der Waals surface area contributed by atoms with Crippen molar-refractivity contribution in [2.75, 3.05) is 11.1 Å². The summed E-state index contributed by atoms with van der Waals surface area (Å²) in [5.41, 5.74) is 8.51. The highest BCUT2D eigenvalue weighted by atomic mass is 16.5. The number of rotatable bonds is 5. The number of ether oxygens (including phenoxy) is 1. The third-order valence-corrected chi connectivity index (χ3v) is 4.30. The molecule has 2 aromatic carbocycles. The number of para-hydroxylation sites is 1. The summed E-state index contributed by atoms with van der Waals surface area (Å²) in [6.45, 7) is 2.05. The predicted molar refractivity (Wildman–Crippen MR) is 107 cm³/mol. The maximum atomic E-state index is 6.27. The van der Waals surface area contributed by atoms with E-state index in [1.807, 2.05) is 67.6 Å². The zero-order valence-electron chi connectivity index (χ0n) is 14.8. The molecule has 27 heavy (non-hydrogen) atoms. The van der Waals surface area contributed by atoms with Crippen LogP contribution in [0, 0.1) is 0 Å². The summed E-state index contributed by atoms with van der Waals surface area (Å²) in [5.74, 6) is 1.43. The van der Waals surface area contributed by atoms with Crippen molar-refractivity contribution in [3.63, 3.8) is 0 Å². The Labute approximate surface area is 157 Å². The molecule has 0 fully saturated rings. The molecule has 0 saturated heterocycles. The number of fused-ring (bicyclic) bond motifs is 1. The number of nitrogen functional groups attached to an aromatic ring is 1. The second-order valence-electron chi connectivity index (χ2n) is 6.15. The van der Waals surface area contributed by atoms with Crippen LogP contribution in [0.2, 0.25) is 0 Å². The van der Waals surface area contributed by atoms with Gasteiger partial charge >= 0.3 is 0 Å². The van der Waals surface area contributed by atoms with Gasteiger partial charge in [0.1, 0.15) is 17.5 Å². The molecular weight excluding hydrogens is 338 g/mol. The van der Waals surface area contributed by atoms with Crippen LogP contribution in [0.1, 0.15) is 18.5 Å². The summed E-state index contributed by atoms with van der Waals surface area (Å²) < 4.78 is 5.97. The first-order valence-electron chi connectivity index (χ1n) is 8.66.